The molecule has 3 aromatic carbocycles. The van der Waals surface area contributed by atoms with Crippen LogP contribution in [0, 0.1) is 0 Å². The van der Waals surface area contributed by atoms with Crippen LogP contribution >= 0.6 is 23.4 Å². The molecule has 0 unspecified atom stereocenters. The van der Waals surface area contributed by atoms with Crippen LogP contribution in [0.2, 0.25) is 5.02 Å². The van der Waals surface area contributed by atoms with E-state index in [0.29, 0.717) is 61.3 Å². The normalized spacial score (nSPS) is 10.8. The van der Waals surface area contributed by atoms with E-state index in [1.807, 2.05) is 12.1 Å². The Morgan fingerprint density at radius 1 is 0.806 bits per heavy atom. The van der Waals surface area contributed by atoms with Crippen molar-refractivity contribution in [3.8, 4) is 34.4 Å². The fourth-order valence-electron chi connectivity index (χ4n) is 3.77. The van der Waals surface area contributed by atoms with Crippen molar-refractivity contribution in [2.45, 2.75) is 10.9 Å². The van der Waals surface area contributed by atoms with Crippen molar-refractivity contribution in [2.24, 2.45) is 0 Å². The van der Waals surface area contributed by atoms with Crippen molar-refractivity contribution in [1.29, 1.82) is 0 Å². The molecular formula is C26H25ClN2O6S. The minimum Gasteiger partial charge on any atom is -0.493 e. The molecule has 0 saturated carbocycles. The second-order valence-corrected chi connectivity index (χ2v) is 8.94. The summed E-state index contributed by atoms with van der Waals surface area (Å²) in [5.74, 6) is 3.02. The molecular weight excluding hydrogens is 504 g/mol. The maximum absolute atomic E-state index is 13.7. The molecule has 4 aromatic rings. The summed E-state index contributed by atoms with van der Waals surface area (Å²) in [7, 11) is 7.76. The van der Waals surface area contributed by atoms with Gasteiger partial charge < -0.3 is 23.7 Å². The number of methoxy groups -OCH3 is 5. The first-order chi connectivity index (χ1) is 17.4. The van der Waals surface area contributed by atoms with Crippen LogP contribution in [-0.2, 0) is 5.75 Å². The SMILES string of the molecule is COc1cc2nc(SCc3cc(OC)c(OC)c(OC)c3)n(-c3ccc(Cl)cc3)c(=O)c2cc1OC. The molecule has 0 aliphatic heterocycles. The summed E-state index contributed by atoms with van der Waals surface area (Å²) in [5, 5.41) is 1.47. The molecule has 0 atom stereocenters. The third-order valence-corrected chi connectivity index (χ3v) is 6.78. The number of halogens is 1. The topological polar surface area (TPSA) is 81.0 Å². The summed E-state index contributed by atoms with van der Waals surface area (Å²) < 4.78 is 28.8. The van der Waals surface area contributed by atoms with Crippen LogP contribution in [0.25, 0.3) is 16.6 Å². The first-order valence-corrected chi connectivity index (χ1v) is 12.2. The lowest BCUT2D eigenvalue weighted by Gasteiger charge is -2.16. The van der Waals surface area contributed by atoms with Crippen molar-refractivity contribution in [3.63, 3.8) is 0 Å². The highest BCUT2D eigenvalue weighted by Crippen LogP contribution is 2.40. The fraction of sp³-hybridized carbons (Fsp3) is 0.231. The van der Waals surface area contributed by atoms with Crippen LogP contribution in [0.3, 0.4) is 0 Å². The van der Waals surface area contributed by atoms with Gasteiger partial charge in [0, 0.05) is 16.8 Å². The number of nitrogens with zero attached hydrogens (tertiary/aromatic N) is 2. The molecule has 0 aliphatic carbocycles. The standard InChI is InChI=1S/C26H25ClN2O6S/c1-31-20-12-18-19(13-21(20)32-2)28-26(29(25(18)30)17-8-6-16(27)7-9-17)36-14-15-10-22(33-3)24(35-5)23(11-15)34-4/h6-13H,14H2,1-5H3. The monoisotopic (exact) mass is 528 g/mol. The van der Waals surface area contributed by atoms with Crippen LogP contribution in [0.4, 0.5) is 0 Å². The molecule has 0 amide bonds. The van der Waals surface area contributed by atoms with Gasteiger partial charge in [-0.2, -0.15) is 0 Å². The van der Waals surface area contributed by atoms with Gasteiger partial charge in [-0.15, -0.1) is 0 Å². The van der Waals surface area contributed by atoms with Crippen LogP contribution in [0.15, 0.2) is 58.5 Å². The lowest BCUT2D eigenvalue weighted by Crippen LogP contribution is -2.22. The van der Waals surface area contributed by atoms with Gasteiger partial charge in [-0.1, -0.05) is 23.4 Å². The molecule has 0 saturated heterocycles. The van der Waals surface area contributed by atoms with Gasteiger partial charge >= 0.3 is 0 Å². The summed E-state index contributed by atoms with van der Waals surface area (Å²) in [5.41, 5.74) is 1.80. The summed E-state index contributed by atoms with van der Waals surface area (Å²) in [6.45, 7) is 0. The highest BCUT2D eigenvalue weighted by molar-refractivity contribution is 7.98. The van der Waals surface area contributed by atoms with E-state index >= 15 is 0 Å². The number of ether oxygens (including phenoxy) is 5. The molecule has 188 valence electrons. The second kappa shape index (κ2) is 11.0. The Morgan fingerprint density at radius 3 is 1.94 bits per heavy atom. The largest absolute Gasteiger partial charge is 0.493 e. The van der Waals surface area contributed by atoms with Gasteiger partial charge in [0.15, 0.2) is 28.2 Å². The van der Waals surface area contributed by atoms with Crippen LogP contribution in [-0.4, -0.2) is 45.1 Å². The minimum atomic E-state index is -0.240. The number of hydrogen-bond acceptors (Lipinski definition) is 8. The predicted octanol–water partition coefficient (Wildman–Crippen LogP) is 5.37. The number of rotatable bonds is 9. The van der Waals surface area contributed by atoms with E-state index in [0.717, 1.165) is 5.56 Å². The molecule has 0 radical (unpaired) electrons. The zero-order chi connectivity index (χ0) is 25.8. The van der Waals surface area contributed by atoms with Gasteiger partial charge in [0.2, 0.25) is 5.75 Å². The molecule has 36 heavy (non-hydrogen) atoms. The van der Waals surface area contributed by atoms with E-state index in [2.05, 4.69) is 0 Å². The molecule has 0 fully saturated rings. The van der Waals surface area contributed by atoms with E-state index in [9.17, 15) is 4.79 Å². The van der Waals surface area contributed by atoms with Crippen molar-refractivity contribution >= 4 is 34.3 Å². The van der Waals surface area contributed by atoms with Crippen molar-refractivity contribution < 1.29 is 23.7 Å². The molecule has 1 heterocycles. The predicted molar refractivity (Wildman–Crippen MR) is 141 cm³/mol. The molecule has 0 bridgehead atoms. The van der Waals surface area contributed by atoms with Crippen LogP contribution in [0.5, 0.6) is 28.7 Å². The average Bonchev–Trinajstić information content (AvgIpc) is 2.91. The van der Waals surface area contributed by atoms with Gasteiger partial charge in [-0.3, -0.25) is 9.36 Å². The molecule has 0 aliphatic rings. The lowest BCUT2D eigenvalue weighted by molar-refractivity contribution is 0.324. The Kier molecular flexibility index (Phi) is 7.81. The number of thioether (sulfide) groups is 1. The zero-order valence-corrected chi connectivity index (χ0v) is 22.0. The lowest BCUT2D eigenvalue weighted by atomic mass is 10.2. The van der Waals surface area contributed by atoms with E-state index in [-0.39, 0.29) is 5.56 Å². The third kappa shape index (κ3) is 4.89. The molecule has 10 heteroatoms. The summed E-state index contributed by atoms with van der Waals surface area (Å²) in [6.07, 6.45) is 0. The van der Waals surface area contributed by atoms with Crippen molar-refractivity contribution in [1.82, 2.24) is 9.55 Å². The Hall–Kier alpha value is -3.56. The van der Waals surface area contributed by atoms with Gasteiger partial charge in [-0.05, 0) is 48.0 Å². The van der Waals surface area contributed by atoms with E-state index in [1.165, 1.54) is 18.9 Å². The van der Waals surface area contributed by atoms with E-state index < -0.39 is 0 Å². The van der Waals surface area contributed by atoms with Crippen molar-refractivity contribution in [3.05, 3.63) is 69.5 Å². The van der Waals surface area contributed by atoms with Crippen molar-refractivity contribution in [2.75, 3.05) is 35.5 Å². The fourth-order valence-corrected chi connectivity index (χ4v) is 4.84. The average molecular weight is 529 g/mol. The smallest absolute Gasteiger partial charge is 0.266 e. The Balaban J connectivity index is 1.85. The number of hydrogen-bond donors (Lipinski definition) is 0. The number of benzene rings is 3. The van der Waals surface area contributed by atoms with Crippen LogP contribution < -0.4 is 29.2 Å². The first kappa shape index (κ1) is 25.5. The second-order valence-electron chi connectivity index (χ2n) is 7.56. The zero-order valence-electron chi connectivity index (χ0n) is 20.5. The molecule has 1 aromatic heterocycles. The Labute approximate surface area is 217 Å². The first-order valence-electron chi connectivity index (χ1n) is 10.8. The van der Waals surface area contributed by atoms with Gasteiger partial charge in [0.05, 0.1) is 52.1 Å². The number of fused-ring (bicyclic) bond motifs is 1. The highest BCUT2D eigenvalue weighted by Gasteiger charge is 2.18. The highest BCUT2D eigenvalue weighted by atomic mass is 35.5. The summed E-state index contributed by atoms with van der Waals surface area (Å²) in [6, 6.07) is 14.1. The van der Waals surface area contributed by atoms with E-state index in [1.54, 1.807) is 69.4 Å². The quantitative estimate of drug-likeness (QED) is 0.212. The number of aromatic nitrogens is 2. The third-order valence-electron chi connectivity index (χ3n) is 5.52. The Bertz CT molecular complexity index is 1430. The minimum absolute atomic E-state index is 0.240. The maximum Gasteiger partial charge on any atom is 0.266 e. The van der Waals surface area contributed by atoms with Gasteiger partial charge in [0.1, 0.15) is 0 Å². The molecule has 0 spiro atoms. The van der Waals surface area contributed by atoms with Crippen LogP contribution in [0.1, 0.15) is 5.56 Å². The van der Waals surface area contributed by atoms with Gasteiger partial charge in [0.25, 0.3) is 5.56 Å². The summed E-state index contributed by atoms with van der Waals surface area (Å²) >= 11 is 7.50. The molecule has 4 rings (SSSR count). The summed E-state index contributed by atoms with van der Waals surface area (Å²) in [4.78, 5) is 18.5. The molecule has 0 N–H and O–H groups in total. The van der Waals surface area contributed by atoms with Gasteiger partial charge in [-0.25, -0.2) is 4.98 Å². The molecule has 8 nitrogen and oxygen atoms in total. The Morgan fingerprint density at radius 2 is 1.39 bits per heavy atom. The maximum atomic E-state index is 13.7. The van der Waals surface area contributed by atoms with E-state index in [4.69, 9.17) is 40.3 Å².